The third-order valence-corrected chi connectivity index (χ3v) is 4.38. The van der Waals surface area contributed by atoms with Gasteiger partial charge in [0.25, 0.3) is 0 Å². The van der Waals surface area contributed by atoms with Gasteiger partial charge in [-0.25, -0.2) is 4.79 Å². The molecule has 0 atom stereocenters. The number of rotatable bonds is 18. The predicted octanol–water partition coefficient (Wildman–Crippen LogP) is 5.76. The number of amides is 1. The second kappa shape index (κ2) is 20.1. The van der Waals surface area contributed by atoms with Crippen molar-refractivity contribution in [3.8, 4) is 0 Å². The van der Waals surface area contributed by atoms with Gasteiger partial charge in [0.05, 0.1) is 13.2 Å². The maximum atomic E-state index is 11.7. The molecule has 0 aliphatic heterocycles. The van der Waals surface area contributed by atoms with Gasteiger partial charge in [-0.05, 0) is 19.8 Å². The van der Waals surface area contributed by atoms with Gasteiger partial charge in [0.15, 0.2) is 0 Å². The van der Waals surface area contributed by atoms with Crippen LogP contribution in [0.2, 0.25) is 0 Å². The molecule has 0 saturated carbocycles. The minimum Gasteiger partial charge on any atom is -0.435 e. The van der Waals surface area contributed by atoms with Crippen molar-refractivity contribution in [1.29, 1.82) is 0 Å². The largest absolute Gasteiger partial charge is 0.508 e. The summed E-state index contributed by atoms with van der Waals surface area (Å²) in [6.07, 6.45) is 16.2. The summed E-state index contributed by atoms with van der Waals surface area (Å²) in [6, 6.07) is 0. The lowest BCUT2D eigenvalue weighted by Crippen LogP contribution is -2.25. The second-order valence-electron chi connectivity index (χ2n) is 6.87. The molecule has 0 bridgehead atoms. The molecule has 1 amide bonds. The van der Waals surface area contributed by atoms with Crippen LogP contribution in [0.25, 0.3) is 0 Å². The molecule has 0 aliphatic rings. The van der Waals surface area contributed by atoms with E-state index in [9.17, 15) is 9.59 Å². The van der Waals surface area contributed by atoms with Gasteiger partial charge in [0, 0.05) is 13.0 Å². The number of carbonyl (C=O) groups is 2. The zero-order valence-corrected chi connectivity index (χ0v) is 17.2. The Labute approximate surface area is 160 Å². The summed E-state index contributed by atoms with van der Waals surface area (Å²) in [4.78, 5) is 22.6. The second-order valence-corrected chi connectivity index (χ2v) is 6.87. The van der Waals surface area contributed by atoms with Crippen LogP contribution in [0.4, 0.5) is 4.79 Å². The van der Waals surface area contributed by atoms with Gasteiger partial charge in [-0.3, -0.25) is 4.79 Å². The van der Waals surface area contributed by atoms with Crippen LogP contribution in [0.1, 0.15) is 104 Å². The predicted molar refractivity (Wildman–Crippen MR) is 106 cm³/mol. The Kier molecular flexibility index (Phi) is 19.1. The highest BCUT2D eigenvalue weighted by molar-refractivity contribution is 5.75. The molecular weight excluding hydrogens is 330 g/mol. The first-order valence-corrected chi connectivity index (χ1v) is 10.8. The van der Waals surface area contributed by atoms with E-state index in [0.717, 1.165) is 12.8 Å². The number of hydrogen-bond donors (Lipinski definition) is 1. The van der Waals surface area contributed by atoms with Crippen LogP contribution < -0.4 is 5.32 Å². The SMILES string of the molecule is CCCCCCCCCCCCCCC(=O)NCCCOC(=O)OCC. The average Bonchev–Trinajstić information content (AvgIpc) is 2.62. The Hall–Kier alpha value is -1.26. The fourth-order valence-electron chi connectivity index (χ4n) is 2.83. The van der Waals surface area contributed by atoms with E-state index in [4.69, 9.17) is 4.74 Å². The summed E-state index contributed by atoms with van der Waals surface area (Å²) in [6.45, 7) is 5.12. The molecule has 0 fully saturated rings. The van der Waals surface area contributed by atoms with Crippen LogP contribution >= 0.6 is 0 Å². The van der Waals surface area contributed by atoms with Crippen molar-refractivity contribution in [3.63, 3.8) is 0 Å². The Morgan fingerprint density at radius 1 is 0.692 bits per heavy atom. The van der Waals surface area contributed by atoms with Gasteiger partial charge in [-0.2, -0.15) is 0 Å². The molecule has 5 heteroatoms. The van der Waals surface area contributed by atoms with Crippen molar-refractivity contribution >= 4 is 12.1 Å². The first-order chi connectivity index (χ1) is 12.7. The maximum absolute atomic E-state index is 11.7. The third kappa shape index (κ3) is 19.1. The Balaban J connectivity index is 3.21. The Bertz CT molecular complexity index is 334. The summed E-state index contributed by atoms with van der Waals surface area (Å²) < 4.78 is 9.48. The summed E-state index contributed by atoms with van der Waals surface area (Å²) >= 11 is 0. The quantitative estimate of drug-likeness (QED) is 0.246. The highest BCUT2D eigenvalue weighted by Gasteiger charge is 2.03. The number of hydrogen-bond acceptors (Lipinski definition) is 4. The molecule has 0 radical (unpaired) electrons. The monoisotopic (exact) mass is 371 g/mol. The van der Waals surface area contributed by atoms with Crippen molar-refractivity contribution in [2.24, 2.45) is 0 Å². The first kappa shape index (κ1) is 24.7. The average molecular weight is 372 g/mol. The molecule has 0 saturated heterocycles. The zero-order chi connectivity index (χ0) is 19.3. The van der Waals surface area contributed by atoms with E-state index in [1.165, 1.54) is 64.2 Å². The standard InChI is InChI=1S/C21H41NO4/c1-3-5-6-7-8-9-10-11-12-13-14-15-17-20(23)22-18-16-19-26-21(24)25-4-2/h3-19H2,1-2H3,(H,22,23). The van der Waals surface area contributed by atoms with Crippen molar-refractivity contribution < 1.29 is 19.1 Å². The van der Waals surface area contributed by atoms with Gasteiger partial charge in [-0.15, -0.1) is 0 Å². The first-order valence-electron chi connectivity index (χ1n) is 10.8. The highest BCUT2D eigenvalue weighted by Crippen LogP contribution is 2.12. The van der Waals surface area contributed by atoms with Crippen molar-refractivity contribution in [2.75, 3.05) is 19.8 Å². The number of ether oxygens (including phenoxy) is 2. The van der Waals surface area contributed by atoms with E-state index in [-0.39, 0.29) is 12.5 Å². The molecule has 0 heterocycles. The highest BCUT2D eigenvalue weighted by atomic mass is 16.7. The Morgan fingerprint density at radius 2 is 1.23 bits per heavy atom. The van der Waals surface area contributed by atoms with Gasteiger partial charge in [0.2, 0.25) is 5.91 Å². The normalized spacial score (nSPS) is 10.5. The van der Waals surface area contributed by atoms with E-state index in [0.29, 0.717) is 26.0 Å². The molecule has 0 aromatic heterocycles. The molecule has 0 aliphatic carbocycles. The fraction of sp³-hybridized carbons (Fsp3) is 0.905. The molecule has 1 N–H and O–H groups in total. The summed E-state index contributed by atoms with van der Waals surface area (Å²) in [5.74, 6) is 0.0909. The minimum atomic E-state index is -0.643. The molecule has 0 aromatic carbocycles. The van der Waals surface area contributed by atoms with Crippen LogP contribution in [0, 0.1) is 0 Å². The van der Waals surface area contributed by atoms with E-state index in [2.05, 4.69) is 17.0 Å². The minimum absolute atomic E-state index is 0.0909. The topological polar surface area (TPSA) is 64.6 Å². The van der Waals surface area contributed by atoms with E-state index < -0.39 is 6.16 Å². The van der Waals surface area contributed by atoms with Crippen molar-refractivity contribution in [3.05, 3.63) is 0 Å². The van der Waals surface area contributed by atoms with E-state index in [1.54, 1.807) is 6.92 Å². The lowest BCUT2D eigenvalue weighted by atomic mass is 10.0. The van der Waals surface area contributed by atoms with Gasteiger partial charge in [-0.1, -0.05) is 77.6 Å². The molecule has 0 unspecified atom stereocenters. The van der Waals surface area contributed by atoms with Crippen LogP contribution in [-0.4, -0.2) is 31.8 Å². The van der Waals surface area contributed by atoms with Crippen LogP contribution in [0.5, 0.6) is 0 Å². The van der Waals surface area contributed by atoms with Crippen molar-refractivity contribution in [1.82, 2.24) is 5.32 Å². The molecule has 0 spiro atoms. The van der Waals surface area contributed by atoms with Crippen LogP contribution in [-0.2, 0) is 14.3 Å². The molecule has 0 rings (SSSR count). The number of carbonyl (C=O) groups excluding carboxylic acids is 2. The van der Waals surface area contributed by atoms with E-state index >= 15 is 0 Å². The van der Waals surface area contributed by atoms with Crippen LogP contribution in [0.3, 0.4) is 0 Å². The maximum Gasteiger partial charge on any atom is 0.508 e. The molecule has 26 heavy (non-hydrogen) atoms. The van der Waals surface area contributed by atoms with Crippen LogP contribution in [0.15, 0.2) is 0 Å². The summed E-state index contributed by atoms with van der Waals surface area (Å²) in [5.41, 5.74) is 0. The molecule has 5 nitrogen and oxygen atoms in total. The van der Waals surface area contributed by atoms with Gasteiger partial charge in [0.1, 0.15) is 0 Å². The zero-order valence-electron chi connectivity index (χ0n) is 17.2. The fourth-order valence-corrected chi connectivity index (χ4v) is 2.83. The lowest BCUT2D eigenvalue weighted by molar-refractivity contribution is -0.121. The Morgan fingerprint density at radius 3 is 1.77 bits per heavy atom. The smallest absolute Gasteiger partial charge is 0.435 e. The molecular formula is C21H41NO4. The van der Waals surface area contributed by atoms with Gasteiger partial charge >= 0.3 is 6.16 Å². The summed E-state index contributed by atoms with van der Waals surface area (Å²) in [7, 11) is 0. The molecule has 154 valence electrons. The third-order valence-electron chi connectivity index (χ3n) is 4.38. The van der Waals surface area contributed by atoms with E-state index in [1.807, 2.05) is 0 Å². The van der Waals surface area contributed by atoms with Gasteiger partial charge < -0.3 is 14.8 Å². The number of unbranched alkanes of at least 4 members (excludes halogenated alkanes) is 11. The van der Waals surface area contributed by atoms with Crippen molar-refractivity contribution in [2.45, 2.75) is 104 Å². The lowest BCUT2D eigenvalue weighted by Gasteiger charge is -2.06. The summed E-state index contributed by atoms with van der Waals surface area (Å²) in [5, 5.41) is 2.86. The molecule has 0 aromatic rings. The number of nitrogens with one attached hydrogen (secondary N) is 1.